The lowest BCUT2D eigenvalue weighted by molar-refractivity contribution is 0.457. The summed E-state index contributed by atoms with van der Waals surface area (Å²) in [6.45, 7) is 12.3. The highest BCUT2D eigenvalue weighted by Gasteiger charge is 2.18. The molecule has 0 aliphatic carbocycles. The molecule has 2 aromatic heterocycles. The molecule has 104 valence electrons. The Labute approximate surface area is 115 Å². The number of hydrogen-bond donors (Lipinski definition) is 1. The monoisotopic (exact) mass is 261 g/mol. The van der Waals surface area contributed by atoms with Crippen LogP contribution in [0.4, 0.5) is 0 Å². The molecule has 0 bridgehead atoms. The maximum Gasteiger partial charge on any atom is 0.105 e. The Hall–Kier alpha value is -1.48. The van der Waals surface area contributed by atoms with E-state index in [0.717, 1.165) is 23.0 Å². The Bertz CT molecular complexity index is 515. The van der Waals surface area contributed by atoms with Crippen LogP contribution in [-0.4, -0.2) is 0 Å². The second-order valence-corrected chi connectivity index (χ2v) is 5.35. The van der Waals surface area contributed by atoms with Crippen LogP contribution in [0.15, 0.2) is 21.0 Å². The molecule has 2 heterocycles. The number of rotatable bonds is 4. The minimum Gasteiger partial charge on any atom is -0.466 e. The zero-order valence-electron chi connectivity index (χ0n) is 12.6. The molecule has 19 heavy (non-hydrogen) atoms. The number of hydrogen-bond acceptors (Lipinski definition) is 3. The summed E-state index contributed by atoms with van der Waals surface area (Å²) in [7, 11) is 0. The van der Waals surface area contributed by atoms with Gasteiger partial charge in [-0.2, -0.15) is 0 Å². The van der Waals surface area contributed by atoms with E-state index >= 15 is 0 Å². The molecule has 3 heteroatoms. The molecule has 2 unspecified atom stereocenters. The van der Waals surface area contributed by atoms with E-state index in [1.54, 1.807) is 0 Å². The van der Waals surface area contributed by atoms with Crippen molar-refractivity contribution in [2.45, 2.75) is 53.6 Å². The van der Waals surface area contributed by atoms with Gasteiger partial charge >= 0.3 is 0 Å². The molecule has 0 aromatic carbocycles. The highest BCUT2D eigenvalue weighted by atomic mass is 16.3. The van der Waals surface area contributed by atoms with Gasteiger partial charge in [0.2, 0.25) is 0 Å². The molecule has 0 aliphatic heterocycles. The van der Waals surface area contributed by atoms with E-state index in [2.05, 4.69) is 31.3 Å². The van der Waals surface area contributed by atoms with Crippen LogP contribution in [0.2, 0.25) is 0 Å². The molecule has 0 saturated carbocycles. The third kappa shape index (κ3) is 2.92. The molecule has 0 spiro atoms. The molecular formula is C16H23NO2. The van der Waals surface area contributed by atoms with E-state index in [4.69, 9.17) is 8.83 Å². The van der Waals surface area contributed by atoms with E-state index in [-0.39, 0.29) is 12.1 Å². The standard InChI is InChI=1S/C16H23NO2/c1-9-7-15(13(5)18-9)11(3)17-12(4)16-8-10(2)19-14(16)6/h7-8,11-12,17H,1-6H3. The fourth-order valence-corrected chi connectivity index (χ4v) is 2.72. The van der Waals surface area contributed by atoms with E-state index in [9.17, 15) is 0 Å². The summed E-state index contributed by atoms with van der Waals surface area (Å²) in [5.41, 5.74) is 2.45. The van der Waals surface area contributed by atoms with Crippen LogP contribution in [0.5, 0.6) is 0 Å². The molecule has 3 nitrogen and oxygen atoms in total. The Balaban J connectivity index is 2.12. The predicted molar refractivity (Wildman–Crippen MR) is 76.3 cm³/mol. The molecule has 1 N–H and O–H groups in total. The SMILES string of the molecule is Cc1cc(C(C)NC(C)c2cc(C)oc2C)c(C)o1. The van der Waals surface area contributed by atoms with Crippen molar-refractivity contribution in [3.05, 3.63) is 46.3 Å². The molecule has 2 rings (SSSR count). The van der Waals surface area contributed by atoms with Crippen LogP contribution in [0.3, 0.4) is 0 Å². The van der Waals surface area contributed by atoms with Gasteiger partial charge in [0.15, 0.2) is 0 Å². The summed E-state index contributed by atoms with van der Waals surface area (Å²) in [5, 5.41) is 3.60. The van der Waals surface area contributed by atoms with Crippen molar-refractivity contribution in [2.75, 3.05) is 0 Å². The van der Waals surface area contributed by atoms with Gasteiger partial charge in [-0.15, -0.1) is 0 Å². The van der Waals surface area contributed by atoms with Crippen LogP contribution < -0.4 is 5.32 Å². The van der Waals surface area contributed by atoms with Crippen molar-refractivity contribution in [3.8, 4) is 0 Å². The highest BCUT2D eigenvalue weighted by Crippen LogP contribution is 2.26. The van der Waals surface area contributed by atoms with Gasteiger partial charge in [-0.25, -0.2) is 0 Å². The van der Waals surface area contributed by atoms with Gasteiger partial charge in [-0.1, -0.05) is 0 Å². The second-order valence-electron chi connectivity index (χ2n) is 5.35. The summed E-state index contributed by atoms with van der Waals surface area (Å²) in [4.78, 5) is 0. The Morgan fingerprint density at radius 2 is 1.16 bits per heavy atom. The van der Waals surface area contributed by atoms with Gasteiger partial charge in [0.1, 0.15) is 23.0 Å². The fourth-order valence-electron chi connectivity index (χ4n) is 2.72. The minimum atomic E-state index is 0.252. The first-order valence-corrected chi connectivity index (χ1v) is 6.78. The summed E-state index contributed by atoms with van der Waals surface area (Å²) in [5.74, 6) is 3.91. The lowest BCUT2D eigenvalue weighted by atomic mass is 10.0. The average molecular weight is 261 g/mol. The molecule has 0 aliphatic rings. The van der Waals surface area contributed by atoms with Gasteiger partial charge in [-0.05, 0) is 53.7 Å². The first-order chi connectivity index (χ1) is 8.88. The van der Waals surface area contributed by atoms with Gasteiger partial charge in [0.25, 0.3) is 0 Å². The predicted octanol–water partition coefficient (Wildman–Crippen LogP) is 4.52. The maximum atomic E-state index is 5.59. The summed E-state index contributed by atoms with van der Waals surface area (Å²) in [6.07, 6.45) is 0. The largest absolute Gasteiger partial charge is 0.466 e. The fraction of sp³-hybridized carbons (Fsp3) is 0.500. The lowest BCUT2D eigenvalue weighted by Gasteiger charge is -2.19. The van der Waals surface area contributed by atoms with Crippen LogP contribution in [0.1, 0.15) is 60.1 Å². The minimum absolute atomic E-state index is 0.252. The Morgan fingerprint density at radius 1 is 0.789 bits per heavy atom. The molecular weight excluding hydrogens is 238 g/mol. The van der Waals surface area contributed by atoms with Crippen molar-refractivity contribution in [3.63, 3.8) is 0 Å². The molecule has 2 atom stereocenters. The van der Waals surface area contributed by atoms with Crippen LogP contribution in [0, 0.1) is 27.7 Å². The smallest absolute Gasteiger partial charge is 0.105 e. The summed E-state index contributed by atoms with van der Waals surface area (Å²) in [6, 6.07) is 4.71. The van der Waals surface area contributed by atoms with E-state index in [1.807, 2.05) is 27.7 Å². The van der Waals surface area contributed by atoms with Crippen molar-refractivity contribution in [1.29, 1.82) is 0 Å². The van der Waals surface area contributed by atoms with Gasteiger partial charge in [-0.3, -0.25) is 0 Å². The zero-order chi connectivity index (χ0) is 14.2. The number of aryl methyl sites for hydroxylation is 4. The van der Waals surface area contributed by atoms with Crippen molar-refractivity contribution < 1.29 is 8.83 Å². The quantitative estimate of drug-likeness (QED) is 0.879. The molecule has 0 saturated heterocycles. The molecule has 0 radical (unpaired) electrons. The van der Waals surface area contributed by atoms with Crippen molar-refractivity contribution in [1.82, 2.24) is 5.32 Å². The molecule has 0 amide bonds. The lowest BCUT2D eigenvalue weighted by Crippen LogP contribution is -2.22. The van der Waals surface area contributed by atoms with Gasteiger partial charge in [0, 0.05) is 23.2 Å². The first-order valence-electron chi connectivity index (χ1n) is 6.78. The number of furan rings is 2. The van der Waals surface area contributed by atoms with E-state index in [0.29, 0.717) is 0 Å². The number of nitrogens with one attached hydrogen (secondary N) is 1. The van der Waals surface area contributed by atoms with Crippen LogP contribution >= 0.6 is 0 Å². The zero-order valence-corrected chi connectivity index (χ0v) is 12.6. The first kappa shape index (κ1) is 13.9. The Morgan fingerprint density at radius 3 is 1.42 bits per heavy atom. The third-order valence-electron chi connectivity index (χ3n) is 3.59. The van der Waals surface area contributed by atoms with Crippen LogP contribution in [-0.2, 0) is 0 Å². The summed E-state index contributed by atoms with van der Waals surface area (Å²) < 4.78 is 11.2. The van der Waals surface area contributed by atoms with Gasteiger partial charge in [0.05, 0.1) is 0 Å². The maximum absolute atomic E-state index is 5.59. The van der Waals surface area contributed by atoms with E-state index < -0.39 is 0 Å². The van der Waals surface area contributed by atoms with Crippen LogP contribution in [0.25, 0.3) is 0 Å². The van der Waals surface area contributed by atoms with Crippen molar-refractivity contribution in [2.24, 2.45) is 0 Å². The van der Waals surface area contributed by atoms with Crippen molar-refractivity contribution >= 4 is 0 Å². The molecule has 2 aromatic rings. The molecule has 0 fully saturated rings. The third-order valence-corrected chi connectivity index (χ3v) is 3.59. The van der Waals surface area contributed by atoms with Gasteiger partial charge < -0.3 is 14.2 Å². The highest BCUT2D eigenvalue weighted by molar-refractivity contribution is 5.26. The summed E-state index contributed by atoms with van der Waals surface area (Å²) >= 11 is 0. The topological polar surface area (TPSA) is 38.3 Å². The second kappa shape index (κ2) is 5.25. The van der Waals surface area contributed by atoms with E-state index in [1.165, 1.54) is 11.1 Å². The normalized spacial score (nSPS) is 14.6. The average Bonchev–Trinajstić information content (AvgIpc) is 2.81. The Kier molecular flexibility index (Phi) is 3.85.